The van der Waals surface area contributed by atoms with Gasteiger partial charge in [-0.25, -0.2) is 4.79 Å². The first kappa shape index (κ1) is 21.2. The van der Waals surface area contributed by atoms with Crippen LogP contribution in [-0.4, -0.2) is 23.5 Å². The molecule has 1 aliphatic heterocycles. The molecule has 0 spiro atoms. The second kappa shape index (κ2) is 9.00. The first-order valence-electron chi connectivity index (χ1n) is 9.83. The molecule has 0 saturated heterocycles. The number of hydrogen-bond acceptors (Lipinski definition) is 3. The molecule has 31 heavy (non-hydrogen) atoms. The van der Waals surface area contributed by atoms with Crippen molar-refractivity contribution in [2.45, 2.75) is 19.5 Å². The summed E-state index contributed by atoms with van der Waals surface area (Å²) in [6, 6.07) is 17.7. The van der Waals surface area contributed by atoms with Crippen LogP contribution in [0.2, 0.25) is 10.0 Å². The summed E-state index contributed by atoms with van der Waals surface area (Å²) in [5.41, 5.74) is 4.62. The molecule has 4 rings (SSSR count). The van der Waals surface area contributed by atoms with Crippen LogP contribution in [0.3, 0.4) is 0 Å². The van der Waals surface area contributed by atoms with Gasteiger partial charge in [-0.05, 0) is 59.5 Å². The van der Waals surface area contributed by atoms with E-state index in [2.05, 4.69) is 10.2 Å². The topological polar surface area (TPSA) is 69.6 Å². The molecule has 0 atom stereocenters. The van der Waals surface area contributed by atoms with E-state index in [1.54, 1.807) is 18.2 Å². The number of carbonyl (C=O) groups is 2. The zero-order chi connectivity index (χ0) is 22.0. The van der Waals surface area contributed by atoms with Crippen LogP contribution in [0.4, 0.5) is 5.69 Å². The van der Waals surface area contributed by atoms with Crippen LogP contribution in [0.5, 0.6) is 0 Å². The predicted octanol–water partition coefficient (Wildman–Crippen LogP) is 5.18. The Morgan fingerprint density at radius 2 is 1.61 bits per heavy atom. The van der Waals surface area contributed by atoms with E-state index in [0.717, 1.165) is 35.3 Å². The Morgan fingerprint density at radius 3 is 2.29 bits per heavy atom. The quantitative estimate of drug-likeness (QED) is 0.537. The number of rotatable bonds is 6. The first-order valence-corrected chi connectivity index (χ1v) is 10.6. The van der Waals surface area contributed by atoms with Crippen LogP contribution >= 0.6 is 23.2 Å². The standard InChI is InChI=1S/C24H20Cl2N2O3/c25-19-7-3-16(4-8-19)14-28-10-9-18-11-20(26)12-21(22(18)28)23(29)27-13-15-1-5-17(6-2-15)24(30)31/h1-8,11-12H,9-10,13-14H2,(H,27,29)(H,30,31). The normalized spacial score (nSPS) is 12.5. The van der Waals surface area contributed by atoms with E-state index in [0.29, 0.717) is 22.2 Å². The summed E-state index contributed by atoms with van der Waals surface area (Å²) in [4.78, 5) is 26.2. The Hall–Kier alpha value is -3.02. The predicted molar refractivity (Wildman–Crippen MR) is 122 cm³/mol. The van der Waals surface area contributed by atoms with Gasteiger partial charge in [0.15, 0.2) is 0 Å². The molecule has 7 heteroatoms. The number of nitrogens with one attached hydrogen (secondary N) is 1. The molecule has 1 heterocycles. The Bertz CT molecular complexity index is 1130. The van der Waals surface area contributed by atoms with Gasteiger partial charge in [-0.1, -0.05) is 47.5 Å². The number of nitrogens with zero attached hydrogens (tertiary/aromatic N) is 1. The molecule has 0 saturated carbocycles. The fourth-order valence-electron chi connectivity index (χ4n) is 3.77. The van der Waals surface area contributed by atoms with Crippen molar-refractivity contribution >= 4 is 40.8 Å². The third kappa shape index (κ3) is 4.84. The maximum atomic E-state index is 13.0. The molecule has 0 bridgehead atoms. The van der Waals surface area contributed by atoms with Gasteiger partial charge in [-0.15, -0.1) is 0 Å². The highest BCUT2D eigenvalue weighted by Gasteiger charge is 2.26. The molecule has 5 nitrogen and oxygen atoms in total. The highest BCUT2D eigenvalue weighted by atomic mass is 35.5. The van der Waals surface area contributed by atoms with Crippen molar-refractivity contribution in [3.63, 3.8) is 0 Å². The third-order valence-corrected chi connectivity index (χ3v) is 5.78. The lowest BCUT2D eigenvalue weighted by Gasteiger charge is -2.22. The molecule has 0 aromatic heterocycles. The number of benzene rings is 3. The van der Waals surface area contributed by atoms with Crippen molar-refractivity contribution in [1.82, 2.24) is 5.32 Å². The van der Waals surface area contributed by atoms with Gasteiger partial charge in [0.2, 0.25) is 0 Å². The van der Waals surface area contributed by atoms with E-state index in [1.807, 2.05) is 30.3 Å². The van der Waals surface area contributed by atoms with E-state index in [1.165, 1.54) is 12.1 Å². The number of amides is 1. The molecule has 1 amide bonds. The largest absolute Gasteiger partial charge is 0.478 e. The summed E-state index contributed by atoms with van der Waals surface area (Å²) in [5.74, 6) is -1.20. The van der Waals surface area contributed by atoms with Crippen molar-refractivity contribution in [2.24, 2.45) is 0 Å². The summed E-state index contributed by atoms with van der Waals surface area (Å²) in [6.07, 6.45) is 0.820. The van der Waals surface area contributed by atoms with Crippen molar-refractivity contribution < 1.29 is 14.7 Å². The smallest absolute Gasteiger partial charge is 0.335 e. The Labute approximate surface area is 190 Å². The number of carboxylic acid groups (broad SMARTS) is 1. The Morgan fingerprint density at radius 1 is 0.935 bits per heavy atom. The molecule has 3 aromatic carbocycles. The highest BCUT2D eigenvalue weighted by Crippen LogP contribution is 2.35. The second-order valence-corrected chi connectivity index (χ2v) is 8.32. The van der Waals surface area contributed by atoms with Gasteiger partial charge in [0.25, 0.3) is 5.91 Å². The minimum absolute atomic E-state index is 0.209. The van der Waals surface area contributed by atoms with Gasteiger partial charge in [0.1, 0.15) is 0 Å². The SMILES string of the molecule is O=C(O)c1ccc(CNC(=O)c2cc(Cl)cc3c2N(Cc2ccc(Cl)cc2)CC3)cc1. The minimum Gasteiger partial charge on any atom is -0.478 e. The molecular weight excluding hydrogens is 435 g/mol. The zero-order valence-corrected chi connectivity index (χ0v) is 18.1. The minimum atomic E-state index is -0.981. The van der Waals surface area contributed by atoms with Crippen LogP contribution in [0.25, 0.3) is 0 Å². The summed E-state index contributed by atoms with van der Waals surface area (Å²) in [6.45, 7) is 1.76. The van der Waals surface area contributed by atoms with Gasteiger partial charge in [-0.2, -0.15) is 0 Å². The third-order valence-electron chi connectivity index (χ3n) is 5.31. The van der Waals surface area contributed by atoms with E-state index in [4.69, 9.17) is 28.3 Å². The lowest BCUT2D eigenvalue weighted by molar-refractivity contribution is 0.0696. The summed E-state index contributed by atoms with van der Waals surface area (Å²) >= 11 is 12.3. The average Bonchev–Trinajstić information content (AvgIpc) is 3.15. The maximum Gasteiger partial charge on any atom is 0.335 e. The molecule has 0 radical (unpaired) electrons. The van der Waals surface area contributed by atoms with E-state index in [-0.39, 0.29) is 18.0 Å². The summed E-state index contributed by atoms with van der Waals surface area (Å²) in [5, 5.41) is 13.2. The molecular formula is C24H20Cl2N2O3. The van der Waals surface area contributed by atoms with Crippen LogP contribution in [-0.2, 0) is 19.5 Å². The second-order valence-electron chi connectivity index (χ2n) is 7.44. The molecule has 0 aliphatic carbocycles. The van der Waals surface area contributed by atoms with Gasteiger partial charge >= 0.3 is 5.97 Å². The number of fused-ring (bicyclic) bond motifs is 1. The highest BCUT2D eigenvalue weighted by molar-refractivity contribution is 6.31. The van der Waals surface area contributed by atoms with Gasteiger partial charge in [0.05, 0.1) is 16.8 Å². The van der Waals surface area contributed by atoms with Crippen LogP contribution in [0.1, 0.15) is 37.4 Å². The first-order chi connectivity index (χ1) is 14.9. The molecule has 0 unspecified atom stereocenters. The van der Waals surface area contributed by atoms with Crippen molar-refractivity contribution in [1.29, 1.82) is 0 Å². The molecule has 3 aromatic rings. The van der Waals surface area contributed by atoms with Crippen molar-refractivity contribution in [3.05, 3.63) is 98.5 Å². The van der Waals surface area contributed by atoms with Gasteiger partial charge in [0, 0.05) is 29.7 Å². The number of halogens is 2. The Balaban J connectivity index is 1.53. The number of carboxylic acids is 1. The number of carbonyl (C=O) groups excluding carboxylic acids is 1. The van der Waals surface area contributed by atoms with Crippen LogP contribution < -0.4 is 10.2 Å². The van der Waals surface area contributed by atoms with Crippen LogP contribution in [0, 0.1) is 0 Å². The zero-order valence-electron chi connectivity index (χ0n) is 16.6. The van der Waals surface area contributed by atoms with Gasteiger partial charge in [-0.3, -0.25) is 4.79 Å². The number of hydrogen-bond donors (Lipinski definition) is 2. The molecule has 0 fully saturated rings. The van der Waals surface area contributed by atoms with Crippen LogP contribution in [0.15, 0.2) is 60.7 Å². The Kier molecular flexibility index (Phi) is 6.16. The van der Waals surface area contributed by atoms with Crippen molar-refractivity contribution in [3.8, 4) is 0 Å². The average molecular weight is 455 g/mol. The maximum absolute atomic E-state index is 13.0. The number of anilines is 1. The fourth-order valence-corrected chi connectivity index (χ4v) is 4.14. The molecule has 1 aliphatic rings. The summed E-state index contributed by atoms with van der Waals surface area (Å²) in [7, 11) is 0. The van der Waals surface area contributed by atoms with E-state index >= 15 is 0 Å². The monoisotopic (exact) mass is 454 g/mol. The van der Waals surface area contributed by atoms with E-state index in [9.17, 15) is 9.59 Å². The molecule has 2 N–H and O–H groups in total. The van der Waals surface area contributed by atoms with Gasteiger partial charge < -0.3 is 15.3 Å². The lowest BCUT2D eigenvalue weighted by atomic mass is 10.1. The van der Waals surface area contributed by atoms with E-state index < -0.39 is 5.97 Å². The molecule has 158 valence electrons. The number of aromatic carboxylic acids is 1. The van der Waals surface area contributed by atoms with Crippen molar-refractivity contribution in [2.75, 3.05) is 11.4 Å². The fraction of sp³-hybridized carbons (Fsp3) is 0.167. The summed E-state index contributed by atoms with van der Waals surface area (Å²) < 4.78 is 0. The lowest BCUT2D eigenvalue weighted by Crippen LogP contribution is -2.27.